The summed E-state index contributed by atoms with van der Waals surface area (Å²) in [6.45, 7) is 4.44. The van der Waals surface area contributed by atoms with Crippen LogP contribution in [-0.2, 0) is 4.79 Å². The molecule has 21 heavy (non-hydrogen) atoms. The van der Waals surface area contributed by atoms with Crippen molar-refractivity contribution < 1.29 is 12.6 Å². The van der Waals surface area contributed by atoms with E-state index in [1.54, 1.807) is 6.08 Å². The van der Waals surface area contributed by atoms with E-state index in [1.165, 1.54) is 0 Å². The number of fused-ring (bicyclic) bond motifs is 5. The van der Waals surface area contributed by atoms with E-state index in [-0.39, 0.29) is 28.6 Å². The third kappa shape index (κ3) is 1.78. The number of hydrogen-bond donors (Lipinski definition) is 1. The van der Waals surface area contributed by atoms with Crippen LogP contribution in [0.15, 0.2) is 11.6 Å². The van der Waals surface area contributed by atoms with Crippen LogP contribution in [0.1, 0.15) is 67.9 Å². The molecule has 0 amide bonds. The Kier molecular flexibility index (Phi) is 2.51. The van der Waals surface area contributed by atoms with Crippen molar-refractivity contribution in [3.8, 4) is 0 Å². The zero-order chi connectivity index (χ0) is 16.6. The molecule has 3 fully saturated rings. The van der Waals surface area contributed by atoms with Gasteiger partial charge in [0, 0.05) is 9.16 Å². The Hall–Kier alpha value is -0.630. The van der Waals surface area contributed by atoms with Crippen LogP contribution < -0.4 is 0 Å². The van der Waals surface area contributed by atoms with Crippen LogP contribution >= 0.6 is 0 Å². The van der Waals surface area contributed by atoms with Gasteiger partial charge in [-0.2, -0.15) is 0 Å². The van der Waals surface area contributed by atoms with Crippen molar-refractivity contribution in [1.82, 2.24) is 0 Å². The number of carbonyl (C=O) groups is 1. The van der Waals surface area contributed by atoms with E-state index in [2.05, 4.69) is 13.8 Å². The fourth-order valence-electron chi connectivity index (χ4n) is 5.97. The molecule has 0 aromatic heterocycles. The first-order chi connectivity index (χ1) is 10.8. The molecule has 0 aliphatic heterocycles. The van der Waals surface area contributed by atoms with Crippen molar-refractivity contribution in [2.75, 3.05) is 0 Å². The lowest BCUT2D eigenvalue weighted by Gasteiger charge is -2.57. The Labute approximate surface area is 130 Å². The van der Waals surface area contributed by atoms with Crippen LogP contribution in [0.3, 0.4) is 0 Å². The molecule has 2 heteroatoms. The first kappa shape index (κ1) is 11.9. The van der Waals surface area contributed by atoms with E-state index >= 15 is 0 Å². The summed E-state index contributed by atoms with van der Waals surface area (Å²) in [5, 5.41) is 10.5. The van der Waals surface area contributed by atoms with Crippen LogP contribution in [-0.4, -0.2) is 17.0 Å². The van der Waals surface area contributed by atoms with Crippen molar-refractivity contribution in [2.45, 2.75) is 71.3 Å². The fraction of sp³-hybridized carbons (Fsp3) is 0.842. The normalized spacial score (nSPS) is 61.1. The quantitative estimate of drug-likeness (QED) is 0.735. The van der Waals surface area contributed by atoms with Gasteiger partial charge in [0.15, 0.2) is 5.78 Å². The maximum absolute atomic E-state index is 11.9. The Balaban J connectivity index is 1.78. The molecule has 0 aromatic carbocycles. The summed E-state index contributed by atoms with van der Waals surface area (Å²) < 4.78 is 17.4. The number of hydrogen-bond acceptors (Lipinski definition) is 2. The summed E-state index contributed by atoms with van der Waals surface area (Å²) in [7, 11) is 0. The first-order valence-corrected chi connectivity index (χ1v) is 8.56. The van der Waals surface area contributed by atoms with E-state index < -0.39 is 12.8 Å². The van der Waals surface area contributed by atoms with Crippen LogP contribution in [0.25, 0.3) is 0 Å². The molecule has 8 atom stereocenters. The number of aliphatic hydroxyl groups is 1. The lowest BCUT2D eigenvalue weighted by Crippen LogP contribution is -2.51. The highest BCUT2D eigenvalue weighted by atomic mass is 16.3. The van der Waals surface area contributed by atoms with Gasteiger partial charge in [0.1, 0.15) is 0 Å². The zero-order valence-electron chi connectivity index (χ0n) is 15.1. The predicted molar refractivity (Wildman–Crippen MR) is 82.7 cm³/mol. The molecule has 0 aromatic rings. The molecule has 0 saturated heterocycles. The Morgan fingerprint density at radius 1 is 1.24 bits per heavy atom. The maximum atomic E-state index is 11.9. The highest BCUT2D eigenvalue weighted by Crippen LogP contribution is 2.65. The molecule has 4 aliphatic rings. The molecule has 3 saturated carbocycles. The van der Waals surface area contributed by atoms with Crippen LogP contribution in [0.2, 0.25) is 0 Å². The van der Waals surface area contributed by atoms with Crippen LogP contribution in [0.5, 0.6) is 0 Å². The number of aliphatic hydroxyl groups excluding tert-OH is 1. The van der Waals surface area contributed by atoms with Gasteiger partial charge in [-0.15, -0.1) is 0 Å². The third-order valence-corrected chi connectivity index (χ3v) is 7.47. The summed E-state index contributed by atoms with van der Waals surface area (Å²) >= 11 is 0. The Morgan fingerprint density at radius 2 is 2.05 bits per heavy atom. The lowest BCUT2D eigenvalue weighted by molar-refractivity contribution is -0.118. The van der Waals surface area contributed by atoms with Gasteiger partial charge in [0.05, 0.1) is 6.10 Å². The molecule has 0 spiro atoms. The minimum atomic E-state index is -0.578. The van der Waals surface area contributed by atoms with E-state index in [4.69, 9.17) is 2.74 Å². The monoisotopic (exact) mass is 290 g/mol. The Bertz CT molecular complexity index is 574. The molecule has 116 valence electrons. The first-order valence-electron chi connectivity index (χ1n) is 9.72. The van der Waals surface area contributed by atoms with Gasteiger partial charge in [-0.05, 0) is 79.6 Å². The number of rotatable bonds is 0. The number of carbonyl (C=O) groups excluding carboxylic acids is 1. The standard InChI is InChI=1S/C19H28O2/c1-18-9-7-13(20)11-12(18)3-4-14-15-5-6-17(21)19(15,2)10-8-16(14)18/h11,14-17,21H,3-10H2,1-2H3/t14-,15-,16-,17-,18-,19-/m0/s1/i3D,4D/t3-,4+,14+,15+,16+,17+,18+,19+/m1. The molecule has 0 heterocycles. The zero-order valence-corrected chi connectivity index (χ0v) is 13.1. The maximum Gasteiger partial charge on any atom is 0.155 e. The molecular weight excluding hydrogens is 260 g/mol. The molecule has 2 nitrogen and oxygen atoms in total. The SMILES string of the molecule is [2H][C@@H]1[C@H]2[C@@H]3CC[C@H](O)[C@@]3(C)CC[C@@H]2[C@@]2(C)CCC(=O)C=C2[C@@H]1[2H]. The van der Waals surface area contributed by atoms with Crippen molar-refractivity contribution in [2.24, 2.45) is 28.6 Å². The highest BCUT2D eigenvalue weighted by molar-refractivity contribution is 5.91. The largest absolute Gasteiger partial charge is 0.393 e. The van der Waals surface area contributed by atoms with Crippen molar-refractivity contribution in [3.05, 3.63) is 11.6 Å². The van der Waals surface area contributed by atoms with Crippen molar-refractivity contribution in [3.63, 3.8) is 0 Å². The van der Waals surface area contributed by atoms with Gasteiger partial charge in [-0.3, -0.25) is 4.79 Å². The lowest BCUT2D eigenvalue weighted by atomic mass is 9.47. The van der Waals surface area contributed by atoms with Gasteiger partial charge in [0.2, 0.25) is 0 Å². The van der Waals surface area contributed by atoms with Gasteiger partial charge < -0.3 is 5.11 Å². The smallest absolute Gasteiger partial charge is 0.155 e. The summed E-state index contributed by atoms with van der Waals surface area (Å²) in [5.74, 6) is 1.10. The second-order valence-corrected chi connectivity index (χ2v) is 8.27. The van der Waals surface area contributed by atoms with Crippen molar-refractivity contribution in [1.29, 1.82) is 0 Å². The summed E-state index contributed by atoms with van der Waals surface area (Å²) in [6, 6.07) is 0. The summed E-state index contributed by atoms with van der Waals surface area (Å²) in [4.78, 5) is 11.9. The molecule has 0 radical (unpaired) electrons. The number of allylic oxidation sites excluding steroid dienone is 1. The second kappa shape index (κ2) is 4.44. The third-order valence-electron chi connectivity index (χ3n) is 7.47. The summed E-state index contributed by atoms with van der Waals surface area (Å²) in [6.07, 6.45) is 5.73. The van der Waals surface area contributed by atoms with Gasteiger partial charge in [0.25, 0.3) is 0 Å². The van der Waals surface area contributed by atoms with Gasteiger partial charge in [-0.25, -0.2) is 0 Å². The highest BCUT2D eigenvalue weighted by Gasteiger charge is 2.58. The van der Waals surface area contributed by atoms with E-state index in [0.29, 0.717) is 18.3 Å². The minimum absolute atomic E-state index is 0.0672. The average molecular weight is 290 g/mol. The second-order valence-electron chi connectivity index (χ2n) is 8.27. The average Bonchev–Trinajstić information content (AvgIpc) is 2.82. The van der Waals surface area contributed by atoms with E-state index in [9.17, 15) is 9.90 Å². The minimum Gasteiger partial charge on any atom is -0.393 e. The number of ketones is 1. The summed E-state index contributed by atoms with van der Waals surface area (Å²) in [5.41, 5.74) is 0.775. The molecular formula is C19H28O2. The van der Waals surface area contributed by atoms with E-state index in [0.717, 1.165) is 37.7 Å². The topological polar surface area (TPSA) is 37.3 Å². The molecule has 1 N–H and O–H groups in total. The molecule has 4 aliphatic carbocycles. The van der Waals surface area contributed by atoms with Crippen LogP contribution in [0.4, 0.5) is 0 Å². The Morgan fingerprint density at radius 3 is 2.86 bits per heavy atom. The predicted octanol–water partition coefficient (Wildman–Crippen LogP) is 3.88. The van der Waals surface area contributed by atoms with Gasteiger partial charge in [-0.1, -0.05) is 19.4 Å². The molecule has 0 unspecified atom stereocenters. The fourth-order valence-corrected chi connectivity index (χ4v) is 5.97. The van der Waals surface area contributed by atoms with Crippen molar-refractivity contribution >= 4 is 5.78 Å². The molecule has 0 bridgehead atoms. The molecule has 4 rings (SSSR count). The van der Waals surface area contributed by atoms with Crippen LogP contribution in [0, 0.1) is 28.6 Å². The van der Waals surface area contributed by atoms with Gasteiger partial charge >= 0.3 is 0 Å². The van der Waals surface area contributed by atoms with E-state index in [1.807, 2.05) is 0 Å².